The molecule has 170 valence electrons. The minimum absolute atomic E-state index is 0.0441. The number of anilines is 1. The molecule has 0 aliphatic heterocycles. The van der Waals surface area contributed by atoms with Crippen LogP contribution in [-0.2, 0) is 6.54 Å². The molecule has 0 radical (unpaired) electrons. The van der Waals surface area contributed by atoms with Gasteiger partial charge in [0.15, 0.2) is 0 Å². The molecule has 0 atom stereocenters. The molecule has 33 heavy (non-hydrogen) atoms. The van der Waals surface area contributed by atoms with Gasteiger partial charge in [0.2, 0.25) is 5.95 Å². The lowest BCUT2D eigenvalue weighted by molar-refractivity contribution is 0.110. The fourth-order valence-electron chi connectivity index (χ4n) is 4.46. The van der Waals surface area contributed by atoms with E-state index >= 15 is 0 Å². The number of benzene rings is 1. The molecule has 3 aromatic heterocycles. The maximum absolute atomic E-state index is 13.1. The van der Waals surface area contributed by atoms with Gasteiger partial charge in [-0.1, -0.05) is 23.4 Å². The molecule has 1 aliphatic carbocycles. The number of hydrogen-bond donors (Lipinski definition) is 2. The lowest BCUT2D eigenvalue weighted by Crippen LogP contribution is -2.31. The number of hydrogen-bond acceptors (Lipinski definition) is 8. The number of methoxy groups -OCH3 is 1. The second kappa shape index (κ2) is 8.62. The van der Waals surface area contributed by atoms with Crippen LogP contribution in [0.15, 0.2) is 47.5 Å². The van der Waals surface area contributed by atoms with Gasteiger partial charge in [-0.3, -0.25) is 4.79 Å². The molecular weight excluding hydrogens is 422 g/mol. The van der Waals surface area contributed by atoms with Gasteiger partial charge >= 0.3 is 0 Å². The van der Waals surface area contributed by atoms with Crippen LogP contribution in [-0.4, -0.2) is 47.8 Å². The van der Waals surface area contributed by atoms with Crippen molar-refractivity contribution >= 4 is 16.9 Å². The Morgan fingerprint density at radius 2 is 1.97 bits per heavy atom. The van der Waals surface area contributed by atoms with E-state index in [1.807, 2.05) is 30.5 Å². The SMILES string of the molecule is COc1cccc2c(-c3cn(Cc4cccn([C@H]5CC[C@H](O)CC5)c4=O)nn3)nc(N)nc12. The van der Waals surface area contributed by atoms with Gasteiger partial charge in [-0.15, -0.1) is 5.10 Å². The number of nitrogen functional groups attached to an aromatic ring is 1. The zero-order chi connectivity index (χ0) is 22.9. The maximum atomic E-state index is 13.1. The molecule has 1 saturated carbocycles. The standard InChI is InChI=1S/C23H25N7O3/c1-33-19-6-2-5-17-20(25-23(24)26-21(17)19)18-13-29(28-27-18)12-14-4-3-11-30(22(14)32)15-7-9-16(31)10-8-15/h2-6,11,13,15-16,31H,7-10,12H2,1H3,(H2,24,25,26)/t15-,16-. The Morgan fingerprint density at radius 1 is 1.15 bits per heavy atom. The zero-order valence-corrected chi connectivity index (χ0v) is 18.3. The molecular formula is C23H25N7O3. The van der Waals surface area contributed by atoms with Gasteiger partial charge in [0.25, 0.3) is 5.56 Å². The molecule has 0 saturated heterocycles. The van der Waals surface area contributed by atoms with Crippen LogP contribution in [0.3, 0.4) is 0 Å². The van der Waals surface area contributed by atoms with Crippen LogP contribution < -0.4 is 16.0 Å². The second-order valence-corrected chi connectivity index (χ2v) is 8.30. The number of aliphatic hydroxyl groups is 1. The lowest BCUT2D eigenvalue weighted by atomic mass is 9.93. The molecule has 0 amide bonds. The van der Waals surface area contributed by atoms with Crippen LogP contribution in [0.25, 0.3) is 22.3 Å². The number of nitrogens with two attached hydrogens (primary N) is 1. The molecule has 1 aromatic carbocycles. The number of ether oxygens (including phenoxy) is 1. The van der Waals surface area contributed by atoms with Crippen molar-refractivity contribution in [1.29, 1.82) is 0 Å². The van der Waals surface area contributed by atoms with E-state index in [4.69, 9.17) is 10.5 Å². The number of aliphatic hydroxyl groups excluding tert-OH is 1. The van der Waals surface area contributed by atoms with E-state index in [1.54, 1.807) is 28.6 Å². The van der Waals surface area contributed by atoms with Gasteiger partial charge < -0.3 is 20.1 Å². The Hall–Kier alpha value is -3.79. The predicted molar refractivity (Wildman–Crippen MR) is 123 cm³/mol. The van der Waals surface area contributed by atoms with Gasteiger partial charge in [0, 0.05) is 23.2 Å². The topological polar surface area (TPSA) is 134 Å². The zero-order valence-electron chi connectivity index (χ0n) is 18.3. The summed E-state index contributed by atoms with van der Waals surface area (Å²) < 4.78 is 8.80. The Kier molecular flexibility index (Phi) is 5.51. The molecule has 4 aromatic rings. The molecule has 0 spiro atoms. The first-order valence-corrected chi connectivity index (χ1v) is 10.9. The number of fused-ring (bicyclic) bond motifs is 1. The van der Waals surface area contributed by atoms with Crippen LogP contribution in [0.2, 0.25) is 0 Å². The molecule has 3 heterocycles. The average molecular weight is 447 g/mol. The molecule has 1 fully saturated rings. The highest BCUT2D eigenvalue weighted by Crippen LogP contribution is 2.31. The van der Waals surface area contributed by atoms with Gasteiger partial charge in [0.1, 0.15) is 22.7 Å². The first kappa shape index (κ1) is 21.1. The van der Waals surface area contributed by atoms with E-state index in [1.165, 1.54) is 0 Å². The quantitative estimate of drug-likeness (QED) is 0.475. The van der Waals surface area contributed by atoms with Crippen molar-refractivity contribution in [2.24, 2.45) is 0 Å². The number of rotatable bonds is 5. The van der Waals surface area contributed by atoms with E-state index in [0.717, 1.165) is 18.2 Å². The number of pyridine rings is 1. The smallest absolute Gasteiger partial charge is 0.255 e. The first-order valence-electron chi connectivity index (χ1n) is 10.9. The molecule has 10 nitrogen and oxygen atoms in total. The molecule has 3 N–H and O–H groups in total. The van der Waals surface area contributed by atoms with Crippen LogP contribution >= 0.6 is 0 Å². The Morgan fingerprint density at radius 3 is 2.76 bits per heavy atom. The van der Waals surface area contributed by atoms with Crippen molar-refractivity contribution < 1.29 is 9.84 Å². The number of aromatic nitrogens is 6. The van der Waals surface area contributed by atoms with Crippen molar-refractivity contribution in [2.45, 2.75) is 44.4 Å². The van der Waals surface area contributed by atoms with Crippen molar-refractivity contribution in [3.8, 4) is 17.1 Å². The summed E-state index contributed by atoms with van der Waals surface area (Å²) in [6, 6.07) is 9.33. The second-order valence-electron chi connectivity index (χ2n) is 8.30. The van der Waals surface area contributed by atoms with Crippen molar-refractivity contribution in [2.75, 3.05) is 12.8 Å². The minimum atomic E-state index is -0.263. The Balaban J connectivity index is 1.45. The van der Waals surface area contributed by atoms with E-state index in [0.29, 0.717) is 41.1 Å². The third-order valence-electron chi connectivity index (χ3n) is 6.15. The predicted octanol–water partition coefficient (Wildman–Crippen LogP) is 2.17. The summed E-state index contributed by atoms with van der Waals surface area (Å²) in [5.74, 6) is 0.704. The Bertz CT molecular complexity index is 1360. The summed E-state index contributed by atoms with van der Waals surface area (Å²) in [6.07, 6.45) is 6.33. The van der Waals surface area contributed by atoms with E-state index in [-0.39, 0.29) is 30.2 Å². The summed E-state index contributed by atoms with van der Waals surface area (Å²) >= 11 is 0. The number of nitrogens with zero attached hydrogens (tertiary/aromatic N) is 6. The molecule has 10 heteroatoms. The summed E-state index contributed by atoms with van der Waals surface area (Å²) in [7, 11) is 1.57. The molecule has 0 bridgehead atoms. The van der Waals surface area contributed by atoms with Crippen LogP contribution in [0.4, 0.5) is 5.95 Å². The summed E-state index contributed by atoms with van der Waals surface area (Å²) in [5.41, 5.74) is 8.19. The van der Waals surface area contributed by atoms with E-state index in [9.17, 15) is 9.90 Å². The molecule has 0 unspecified atom stereocenters. The number of para-hydroxylation sites is 1. The highest BCUT2D eigenvalue weighted by molar-refractivity contribution is 5.95. The van der Waals surface area contributed by atoms with E-state index < -0.39 is 0 Å². The van der Waals surface area contributed by atoms with E-state index in [2.05, 4.69) is 20.3 Å². The van der Waals surface area contributed by atoms with Gasteiger partial charge in [-0.05, 0) is 37.8 Å². The van der Waals surface area contributed by atoms with Crippen LogP contribution in [0.1, 0.15) is 37.3 Å². The highest BCUT2D eigenvalue weighted by atomic mass is 16.5. The summed E-state index contributed by atoms with van der Waals surface area (Å²) in [4.78, 5) is 21.8. The molecule has 5 rings (SSSR count). The fourth-order valence-corrected chi connectivity index (χ4v) is 4.46. The normalized spacial score (nSPS) is 18.5. The maximum Gasteiger partial charge on any atom is 0.255 e. The monoisotopic (exact) mass is 447 g/mol. The third-order valence-corrected chi connectivity index (χ3v) is 6.15. The van der Waals surface area contributed by atoms with Crippen LogP contribution in [0.5, 0.6) is 5.75 Å². The fraction of sp³-hybridized carbons (Fsp3) is 0.348. The van der Waals surface area contributed by atoms with Crippen molar-refractivity contribution in [1.82, 2.24) is 29.5 Å². The highest BCUT2D eigenvalue weighted by Gasteiger charge is 2.22. The lowest BCUT2D eigenvalue weighted by Gasteiger charge is -2.27. The summed E-state index contributed by atoms with van der Waals surface area (Å²) in [5, 5.41) is 19.0. The average Bonchev–Trinajstić information content (AvgIpc) is 3.28. The third kappa shape index (κ3) is 4.05. The first-order chi connectivity index (χ1) is 16.0. The minimum Gasteiger partial charge on any atom is -0.494 e. The van der Waals surface area contributed by atoms with Crippen molar-refractivity contribution in [3.05, 3.63) is 58.6 Å². The van der Waals surface area contributed by atoms with Crippen LogP contribution in [0, 0.1) is 0 Å². The van der Waals surface area contributed by atoms with Gasteiger partial charge in [0.05, 0.1) is 26.0 Å². The van der Waals surface area contributed by atoms with Crippen molar-refractivity contribution in [3.63, 3.8) is 0 Å². The largest absolute Gasteiger partial charge is 0.494 e. The molecule has 1 aliphatic rings. The van der Waals surface area contributed by atoms with Gasteiger partial charge in [-0.2, -0.15) is 0 Å². The Labute approximate surface area is 189 Å². The van der Waals surface area contributed by atoms with Gasteiger partial charge in [-0.25, -0.2) is 14.6 Å². The summed E-state index contributed by atoms with van der Waals surface area (Å²) in [6.45, 7) is 0.282.